The summed E-state index contributed by atoms with van der Waals surface area (Å²) in [6.45, 7) is 4.97. The standard InChI is InChI=1S/C16H18BrN3O3/c1-9(2)15(10(3)21)19-14(22)7-20-8-18-13-5-4-11(17)6-12(13)16(20)23/h4-6,8-9,15H,7H2,1-3H3,(H,19,22). The highest BCUT2D eigenvalue weighted by molar-refractivity contribution is 9.10. The van der Waals surface area contributed by atoms with Crippen LogP contribution in [0.25, 0.3) is 10.9 Å². The third-order valence-electron chi connectivity index (χ3n) is 3.52. The van der Waals surface area contributed by atoms with Gasteiger partial charge >= 0.3 is 0 Å². The van der Waals surface area contributed by atoms with Gasteiger partial charge in [0, 0.05) is 4.47 Å². The third-order valence-corrected chi connectivity index (χ3v) is 4.01. The van der Waals surface area contributed by atoms with Crippen LogP contribution in [0.4, 0.5) is 0 Å². The Bertz CT molecular complexity index is 814. The number of ketones is 1. The van der Waals surface area contributed by atoms with Crippen molar-refractivity contribution in [2.45, 2.75) is 33.4 Å². The molecular formula is C16H18BrN3O3. The molecule has 6 nitrogen and oxygen atoms in total. The van der Waals surface area contributed by atoms with Crippen molar-refractivity contribution in [3.8, 4) is 0 Å². The van der Waals surface area contributed by atoms with Gasteiger partial charge in [0.2, 0.25) is 5.91 Å². The molecule has 0 bridgehead atoms. The lowest BCUT2D eigenvalue weighted by atomic mass is 10.0. The average Bonchev–Trinajstić information content (AvgIpc) is 2.47. The number of aromatic nitrogens is 2. The highest BCUT2D eigenvalue weighted by atomic mass is 79.9. The zero-order chi connectivity index (χ0) is 17.1. The van der Waals surface area contributed by atoms with Crippen LogP contribution in [0.3, 0.4) is 0 Å². The number of carbonyl (C=O) groups is 2. The number of nitrogens with zero attached hydrogens (tertiary/aromatic N) is 2. The molecule has 23 heavy (non-hydrogen) atoms. The van der Waals surface area contributed by atoms with E-state index < -0.39 is 11.9 Å². The maximum absolute atomic E-state index is 12.4. The average molecular weight is 380 g/mol. The normalized spacial score (nSPS) is 12.4. The van der Waals surface area contributed by atoms with Gasteiger partial charge in [0.05, 0.1) is 23.3 Å². The smallest absolute Gasteiger partial charge is 0.261 e. The summed E-state index contributed by atoms with van der Waals surface area (Å²) in [6, 6.07) is 4.65. The number of halogens is 1. The van der Waals surface area contributed by atoms with Crippen LogP contribution < -0.4 is 10.9 Å². The summed E-state index contributed by atoms with van der Waals surface area (Å²) >= 11 is 3.31. The molecule has 7 heteroatoms. The van der Waals surface area contributed by atoms with E-state index in [1.807, 2.05) is 13.8 Å². The van der Waals surface area contributed by atoms with Crippen molar-refractivity contribution >= 4 is 38.5 Å². The first-order valence-corrected chi connectivity index (χ1v) is 8.03. The summed E-state index contributed by atoms with van der Waals surface area (Å²) in [5, 5.41) is 3.10. The number of carbonyl (C=O) groups excluding carboxylic acids is 2. The first-order chi connectivity index (χ1) is 10.8. The molecule has 0 saturated carbocycles. The fraction of sp³-hybridized carbons (Fsp3) is 0.375. The van der Waals surface area contributed by atoms with Crippen LogP contribution in [0.2, 0.25) is 0 Å². The predicted octanol–water partition coefficient (Wildman–Crippen LogP) is 1.89. The molecule has 2 aromatic rings. The molecule has 0 fully saturated rings. The number of hydrogen-bond acceptors (Lipinski definition) is 4. The second kappa shape index (κ2) is 7.04. The minimum Gasteiger partial charge on any atom is -0.344 e. The number of fused-ring (bicyclic) bond motifs is 1. The maximum atomic E-state index is 12.4. The van der Waals surface area contributed by atoms with Crippen molar-refractivity contribution in [2.75, 3.05) is 0 Å². The van der Waals surface area contributed by atoms with Crippen molar-refractivity contribution in [2.24, 2.45) is 5.92 Å². The molecule has 1 heterocycles. The first-order valence-electron chi connectivity index (χ1n) is 7.24. The van der Waals surface area contributed by atoms with Crippen LogP contribution >= 0.6 is 15.9 Å². The SMILES string of the molecule is CC(=O)C(NC(=O)Cn1cnc2ccc(Br)cc2c1=O)C(C)C. The van der Waals surface area contributed by atoms with E-state index >= 15 is 0 Å². The van der Waals surface area contributed by atoms with E-state index in [0.717, 1.165) is 4.47 Å². The van der Waals surface area contributed by atoms with Crippen LogP contribution in [0.5, 0.6) is 0 Å². The Morgan fingerprint density at radius 3 is 2.65 bits per heavy atom. The molecule has 0 radical (unpaired) electrons. The number of rotatable bonds is 5. The van der Waals surface area contributed by atoms with Crippen LogP contribution in [0.15, 0.2) is 33.8 Å². The van der Waals surface area contributed by atoms with E-state index in [1.54, 1.807) is 18.2 Å². The zero-order valence-corrected chi connectivity index (χ0v) is 14.8. The van der Waals surface area contributed by atoms with E-state index in [2.05, 4.69) is 26.2 Å². The monoisotopic (exact) mass is 379 g/mol. The summed E-state index contributed by atoms with van der Waals surface area (Å²) in [7, 11) is 0. The number of hydrogen-bond donors (Lipinski definition) is 1. The Morgan fingerprint density at radius 2 is 2.04 bits per heavy atom. The van der Waals surface area contributed by atoms with Crippen molar-refractivity contribution < 1.29 is 9.59 Å². The summed E-state index contributed by atoms with van der Waals surface area (Å²) < 4.78 is 2.00. The fourth-order valence-corrected chi connectivity index (χ4v) is 2.72. The van der Waals surface area contributed by atoms with Crippen molar-refractivity contribution in [1.29, 1.82) is 0 Å². The fourth-order valence-electron chi connectivity index (χ4n) is 2.36. The number of amides is 1. The number of Topliss-reactive ketones (excluding diaryl/α,β-unsaturated/α-hetero) is 1. The van der Waals surface area contributed by atoms with Crippen LogP contribution in [0.1, 0.15) is 20.8 Å². The molecular weight excluding hydrogens is 362 g/mol. The molecule has 2 rings (SSSR count). The molecule has 0 aliphatic rings. The minimum absolute atomic E-state index is 0.0149. The molecule has 1 aromatic heterocycles. The van der Waals surface area contributed by atoms with E-state index in [0.29, 0.717) is 10.9 Å². The van der Waals surface area contributed by atoms with Crippen LogP contribution in [-0.2, 0) is 16.1 Å². The Balaban J connectivity index is 2.25. The highest BCUT2D eigenvalue weighted by Gasteiger charge is 2.21. The molecule has 1 atom stereocenters. The second-order valence-electron chi connectivity index (χ2n) is 5.74. The van der Waals surface area contributed by atoms with Crippen molar-refractivity contribution in [1.82, 2.24) is 14.9 Å². The predicted molar refractivity (Wildman–Crippen MR) is 91.2 cm³/mol. The zero-order valence-electron chi connectivity index (χ0n) is 13.2. The summed E-state index contributed by atoms with van der Waals surface area (Å²) in [4.78, 5) is 40.3. The van der Waals surface area contributed by atoms with E-state index in [-0.39, 0.29) is 23.8 Å². The van der Waals surface area contributed by atoms with Crippen molar-refractivity contribution in [3.63, 3.8) is 0 Å². The van der Waals surface area contributed by atoms with E-state index in [9.17, 15) is 14.4 Å². The quantitative estimate of drug-likeness (QED) is 0.859. The Kier molecular flexibility index (Phi) is 5.30. The minimum atomic E-state index is -0.555. The van der Waals surface area contributed by atoms with Gasteiger partial charge in [-0.25, -0.2) is 4.98 Å². The molecule has 0 spiro atoms. The third kappa shape index (κ3) is 4.04. The van der Waals surface area contributed by atoms with Gasteiger partial charge in [0.25, 0.3) is 5.56 Å². The van der Waals surface area contributed by atoms with Gasteiger partial charge in [-0.2, -0.15) is 0 Å². The molecule has 1 N–H and O–H groups in total. The van der Waals surface area contributed by atoms with Crippen LogP contribution in [-0.4, -0.2) is 27.3 Å². The van der Waals surface area contributed by atoms with E-state index in [1.165, 1.54) is 17.8 Å². The number of nitrogens with one attached hydrogen (secondary N) is 1. The molecule has 0 aliphatic carbocycles. The molecule has 1 amide bonds. The Morgan fingerprint density at radius 1 is 1.35 bits per heavy atom. The van der Waals surface area contributed by atoms with Gasteiger partial charge in [0.15, 0.2) is 5.78 Å². The summed E-state index contributed by atoms with van der Waals surface area (Å²) in [5.74, 6) is -0.516. The molecule has 1 unspecified atom stereocenters. The lowest BCUT2D eigenvalue weighted by Gasteiger charge is -2.19. The maximum Gasteiger partial charge on any atom is 0.261 e. The summed E-state index contributed by atoms with van der Waals surface area (Å²) in [5.41, 5.74) is 0.272. The van der Waals surface area contributed by atoms with Gasteiger partial charge in [-0.1, -0.05) is 29.8 Å². The van der Waals surface area contributed by atoms with Gasteiger partial charge in [-0.05, 0) is 31.0 Å². The van der Waals surface area contributed by atoms with Crippen molar-refractivity contribution in [3.05, 3.63) is 39.4 Å². The van der Waals surface area contributed by atoms with Gasteiger partial charge in [0.1, 0.15) is 6.54 Å². The number of benzene rings is 1. The lowest BCUT2D eigenvalue weighted by molar-refractivity contribution is -0.128. The largest absolute Gasteiger partial charge is 0.344 e. The Labute approximate surface area is 142 Å². The first kappa shape index (κ1) is 17.3. The molecule has 0 aliphatic heterocycles. The molecule has 122 valence electrons. The van der Waals surface area contributed by atoms with Gasteiger partial charge < -0.3 is 5.32 Å². The highest BCUT2D eigenvalue weighted by Crippen LogP contribution is 2.14. The van der Waals surface area contributed by atoms with E-state index in [4.69, 9.17) is 0 Å². The topological polar surface area (TPSA) is 81.1 Å². The molecule has 0 saturated heterocycles. The van der Waals surface area contributed by atoms with Gasteiger partial charge in [-0.3, -0.25) is 19.0 Å². The second-order valence-corrected chi connectivity index (χ2v) is 6.65. The lowest BCUT2D eigenvalue weighted by Crippen LogP contribution is -2.45. The summed E-state index contributed by atoms with van der Waals surface area (Å²) in [6.07, 6.45) is 1.34. The van der Waals surface area contributed by atoms with Crippen LogP contribution in [0, 0.1) is 5.92 Å². The molecule has 1 aromatic carbocycles. The van der Waals surface area contributed by atoms with Gasteiger partial charge in [-0.15, -0.1) is 0 Å². The Hall–Kier alpha value is -2.02.